The molecule has 0 spiro atoms. The lowest BCUT2D eigenvalue weighted by Crippen LogP contribution is -2.27. The third-order valence-corrected chi connectivity index (χ3v) is 3.08. The van der Waals surface area contributed by atoms with Gasteiger partial charge in [0.15, 0.2) is 0 Å². The molecule has 0 radical (unpaired) electrons. The minimum atomic E-state index is 0.497. The first kappa shape index (κ1) is 14.4. The highest BCUT2D eigenvalue weighted by Crippen LogP contribution is 2.12. The number of rotatable bonds is 8. The fourth-order valence-electron chi connectivity index (χ4n) is 1.22. The Morgan fingerprint density at radius 1 is 1.41 bits per heavy atom. The molecule has 7 heteroatoms. The smallest absolute Gasteiger partial charge is 0.209 e. The van der Waals surface area contributed by atoms with Gasteiger partial charge in [-0.3, -0.25) is 0 Å². The van der Waals surface area contributed by atoms with Crippen LogP contribution in [0, 0.1) is 0 Å². The van der Waals surface area contributed by atoms with Gasteiger partial charge in [-0.25, -0.2) is 4.68 Å². The molecule has 98 valence electrons. The van der Waals surface area contributed by atoms with Gasteiger partial charge in [-0.1, -0.05) is 25.6 Å². The molecule has 1 rings (SSSR count). The molecule has 0 atom stereocenters. The molecular formula is C10H22N6S. The average molecular weight is 258 g/mol. The maximum absolute atomic E-state index is 4.03. The summed E-state index contributed by atoms with van der Waals surface area (Å²) in [6.45, 7) is 7.00. The van der Waals surface area contributed by atoms with E-state index in [2.05, 4.69) is 53.7 Å². The summed E-state index contributed by atoms with van der Waals surface area (Å²) in [5.41, 5.74) is 0. The molecule has 0 bridgehead atoms. The molecule has 0 saturated heterocycles. The molecule has 0 aromatic carbocycles. The van der Waals surface area contributed by atoms with Crippen LogP contribution in [0.5, 0.6) is 0 Å². The van der Waals surface area contributed by atoms with Gasteiger partial charge in [-0.05, 0) is 24.5 Å². The van der Waals surface area contributed by atoms with Crippen molar-refractivity contribution < 1.29 is 0 Å². The summed E-state index contributed by atoms with van der Waals surface area (Å²) in [5, 5.41) is 16.0. The molecule has 1 aromatic rings. The van der Waals surface area contributed by atoms with E-state index in [1.54, 1.807) is 11.8 Å². The number of hydrogen-bond donors (Lipinski definition) is 1. The maximum Gasteiger partial charge on any atom is 0.209 e. The first-order chi connectivity index (χ1) is 8.09. The van der Waals surface area contributed by atoms with E-state index in [0.29, 0.717) is 6.04 Å². The zero-order valence-electron chi connectivity index (χ0n) is 11.1. The van der Waals surface area contributed by atoms with Crippen molar-refractivity contribution in [1.82, 2.24) is 30.4 Å². The fraction of sp³-hybridized carbons (Fsp3) is 0.900. The van der Waals surface area contributed by atoms with Crippen LogP contribution < -0.4 is 5.32 Å². The first-order valence-electron chi connectivity index (χ1n) is 5.86. The van der Waals surface area contributed by atoms with Crippen molar-refractivity contribution in [1.29, 1.82) is 0 Å². The van der Waals surface area contributed by atoms with E-state index < -0.39 is 0 Å². The van der Waals surface area contributed by atoms with Crippen molar-refractivity contribution >= 4 is 11.8 Å². The Hall–Kier alpha value is -0.660. The summed E-state index contributed by atoms with van der Waals surface area (Å²) in [5.74, 6) is 1.00. The van der Waals surface area contributed by atoms with Crippen LogP contribution in [-0.4, -0.2) is 64.1 Å². The van der Waals surface area contributed by atoms with Crippen molar-refractivity contribution in [2.75, 3.05) is 32.9 Å². The molecule has 0 amide bonds. The van der Waals surface area contributed by atoms with Crippen LogP contribution in [0.25, 0.3) is 0 Å². The second-order valence-electron chi connectivity index (χ2n) is 4.45. The lowest BCUT2D eigenvalue weighted by atomic mass is 10.4. The molecule has 0 saturated carbocycles. The summed E-state index contributed by atoms with van der Waals surface area (Å²) in [6, 6.07) is 0.497. The van der Waals surface area contributed by atoms with Crippen LogP contribution in [0.4, 0.5) is 0 Å². The molecule has 6 nitrogen and oxygen atoms in total. The molecule has 0 aliphatic carbocycles. The summed E-state index contributed by atoms with van der Waals surface area (Å²) >= 11 is 1.70. The quantitative estimate of drug-likeness (QED) is 0.678. The molecule has 1 N–H and O–H groups in total. The highest BCUT2D eigenvalue weighted by molar-refractivity contribution is 7.99. The van der Waals surface area contributed by atoms with Crippen molar-refractivity contribution in [3.63, 3.8) is 0 Å². The Kier molecular flexibility index (Phi) is 6.46. The van der Waals surface area contributed by atoms with Gasteiger partial charge in [0.05, 0.1) is 6.54 Å². The van der Waals surface area contributed by atoms with E-state index in [-0.39, 0.29) is 0 Å². The minimum Gasteiger partial charge on any atom is -0.313 e. The second kappa shape index (κ2) is 7.62. The van der Waals surface area contributed by atoms with E-state index in [4.69, 9.17) is 0 Å². The highest BCUT2D eigenvalue weighted by atomic mass is 32.2. The van der Waals surface area contributed by atoms with Gasteiger partial charge in [-0.2, -0.15) is 0 Å². The lowest BCUT2D eigenvalue weighted by Gasteiger charge is -2.10. The molecule has 0 fully saturated rings. The number of nitrogens with zero attached hydrogens (tertiary/aromatic N) is 5. The highest BCUT2D eigenvalue weighted by Gasteiger charge is 2.06. The lowest BCUT2D eigenvalue weighted by molar-refractivity contribution is 0.437. The van der Waals surface area contributed by atoms with Crippen LogP contribution in [0.1, 0.15) is 13.8 Å². The van der Waals surface area contributed by atoms with Gasteiger partial charge in [-0.15, -0.1) is 5.10 Å². The Labute approximate surface area is 107 Å². The van der Waals surface area contributed by atoms with Crippen molar-refractivity contribution in [2.45, 2.75) is 31.6 Å². The van der Waals surface area contributed by atoms with Crippen molar-refractivity contribution in [2.24, 2.45) is 0 Å². The van der Waals surface area contributed by atoms with Gasteiger partial charge < -0.3 is 10.2 Å². The van der Waals surface area contributed by atoms with Crippen LogP contribution >= 0.6 is 11.8 Å². The second-order valence-corrected chi connectivity index (χ2v) is 5.51. The Bertz CT molecular complexity index is 283. The maximum atomic E-state index is 4.03. The number of tetrazole rings is 1. The Balaban J connectivity index is 2.32. The van der Waals surface area contributed by atoms with Crippen LogP contribution in [0.15, 0.2) is 5.16 Å². The largest absolute Gasteiger partial charge is 0.313 e. The fourth-order valence-corrected chi connectivity index (χ4v) is 2.23. The molecular weight excluding hydrogens is 236 g/mol. The summed E-state index contributed by atoms with van der Waals surface area (Å²) in [6.07, 6.45) is 0. The summed E-state index contributed by atoms with van der Waals surface area (Å²) in [7, 11) is 4.13. The molecule has 1 heterocycles. The number of thioether (sulfide) groups is 1. The molecule has 0 aliphatic rings. The first-order valence-corrected chi connectivity index (χ1v) is 6.85. The minimum absolute atomic E-state index is 0.497. The Morgan fingerprint density at radius 2 is 2.18 bits per heavy atom. The van der Waals surface area contributed by atoms with Gasteiger partial charge in [0.2, 0.25) is 5.16 Å². The molecule has 17 heavy (non-hydrogen) atoms. The van der Waals surface area contributed by atoms with Crippen molar-refractivity contribution in [3.8, 4) is 0 Å². The van der Waals surface area contributed by atoms with E-state index in [1.807, 2.05) is 4.68 Å². The normalized spacial score (nSPS) is 11.6. The van der Waals surface area contributed by atoms with Crippen molar-refractivity contribution in [3.05, 3.63) is 0 Å². The zero-order valence-corrected chi connectivity index (χ0v) is 11.9. The van der Waals surface area contributed by atoms with E-state index >= 15 is 0 Å². The monoisotopic (exact) mass is 258 g/mol. The van der Waals surface area contributed by atoms with Gasteiger partial charge in [0.1, 0.15) is 0 Å². The van der Waals surface area contributed by atoms with Gasteiger partial charge in [0.25, 0.3) is 0 Å². The summed E-state index contributed by atoms with van der Waals surface area (Å²) < 4.78 is 1.86. The third kappa shape index (κ3) is 5.99. The standard InChI is InChI=1S/C10H22N6S/c1-9(2)11-5-6-16-10(12-13-14-16)17-8-7-15(3)4/h9,11H,5-8H2,1-4H3. The van der Waals surface area contributed by atoms with Gasteiger partial charge >= 0.3 is 0 Å². The Morgan fingerprint density at radius 3 is 2.82 bits per heavy atom. The van der Waals surface area contributed by atoms with E-state index in [0.717, 1.165) is 30.5 Å². The predicted molar refractivity (Wildman–Crippen MR) is 70.2 cm³/mol. The number of nitrogens with one attached hydrogen (secondary N) is 1. The van der Waals surface area contributed by atoms with E-state index in [9.17, 15) is 0 Å². The van der Waals surface area contributed by atoms with Gasteiger partial charge in [0, 0.05) is 24.9 Å². The van der Waals surface area contributed by atoms with Crippen LogP contribution in [0.2, 0.25) is 0 Å². The van der Waals surface area contributed by atoms with E-state index in [1.165, 1.54) is 0 Å². The number of hydrogen-bond acceptors (Lipinski definition) is 6. The zero-order chi connectivity index (χ0) is 12.7. The average Bonchev–Trinajstić information content (AvgIpc) is 2.65. The SMILES string of the molecule is CC(C)NCCn1nnnc1SCCN(C)C. The van der Waals surface area contributed by atoms with Crippen LogP contribution in [-0.2, 0) is 6.54 Å². The predicted octanol–water partition coefficient (Wildman–Crippen LogP) is 0.325. The molecule has 1 aromatic heterocycles. The molecule has 0 unspecified atom stereocenters. The number of aromatic nitrogens is 4. The summed E-state index contributed by atoms with van der Waals surface area (Å²) in [4.78, 5) is 2.15. The third-order valence-electron chi connectivity index (χ3n) is 2.14. The topological polar surface area (TPSA) is 58.9 Å². The molecule has 0 aliphatic heterocycles. The van der Waals surface area contributed by atoms with Crippen LogP contribution in [0.3, 0.4) is 0 Å².